The maximum Gasteiger partial charge on any atom is 0.301 e. The van der Waals surface area contributed by atoms with Crippen LogP contribution >= 0.6 is 0 Å². The first-order chi connectivity index (χ1) is 15.2. The zero-order valence-corrected chi connectivity index (χ0v) is 18.7. The Kier molecular flexibility index (Phi) is 5.87. The number of carbonyl (C=O) groups is 1. The Morgan fingerprint density at radius 1 is 1.31 bits per heavy atom. The number of ketones is 1. The van der Waals surface area contributed by atoms with Gasteiger partial charge in [-0.1, -0.05) is 25.8 Å². The lowest BCUT2D eigenvalue weighted by Crippen LogP contribution is -2.32. The molecule has 0 radical (unpaired) electrons. The van der Waals surface area contributed by atoms with E-state index in [0.29, 0.717) is 29.1 Å². The summed E-state index contributed by atoms with van der Waals surface area (Å²) in [4.78, 5) is 24.7. The molecule has 0 aliphatic heterocycles. The van der Waals surface area contributed by atoms with Crippen molar-refractivity contribution >= 4 is 38.7 Å². The largest absolute Gasteiger partial charge is 0.368 e. The number of hydrogen-bond acceptors (Lipinski definition) is 6. The first-order valence-corrected chi connectivity index (χ1v) is 11.9. The van der Waals surface area contributed by atoms with Crippen molar-refractivity contribution in [3.8, 4) is 0 Å². The number of nitrogens with zero attached hydrogens (tertiary/aromatic N) is 3. The minimum atomic E-state index is -3.95. The summed E-state index contributed by atoms with van der Waals surface area (Å²) in [7, 11) is -2.57. The minimum absolute atomic E-state index is 0.103. The van der Waals surface area contributed by atoms with E-state index in [1.807, 2.05) is 0 Å². The van der Waals surface area contributed by atoms with Crippen LogP contribution in [-0.4, -0.2) is 47.1 Å². The fourth-order valence-electron chi connectivity index (χ4n) is 3.55. The molecule has 2 heterocycles. The average Bonchev–Trinajstić information content (AvgIpc) is 3.49. The van der Waals surface area contributed by atoms with Crippen LogP contribution in [0.25, 0.3) is 11.0 Å². The number of anilines is 2. The SMILES string of the molecule is CCN(C)S(=O)(=O)Nc1cccc(C(=O)c2c[nH]c3nc(N)nc(CCC4CC4)c23)c1F. The highest BCUT2D eigenvalue weighted by Crippen LogP contribution is 2.35. The van der Waals surface area contributed by atoms with Crippen molar-refractivity contribution in [1.82, 2.24) is 19.3 Å². The predicted molar refractivity (Wildman–Crippen MR) is 120 cm³/mol. The third-order valence-electron chi connectivity index (χ3n) is 5.69. The van der Waals surface area contributed by atoms with E-state index in [-0.39, 0.29) is 29.3 Å². The Labute approximate surface area is 185 Å². The fourth-order valence-corrected chi connectivity index (χ4v) is 4.48. The first kappa shape index (κ1) is 22.2. The van der Waals surface area contributed by atoms with E-state index in [1.54, 1.807) is 6.92 Å². The number of aryl methyl sites for hydroxylation is 1. The molecule has 0 unspecified atom stereocenters. The number of fused-ring (bicyclic) bond motifs is 1. The number of hydrogen-bond donors (Lipinski definition) is 3. The number of carbonyl (C=O) groups excluding carboxylic acids is 1. The van der Waals surface area contributed by atoms with Gasteiger partial charge in [-0.05, 0) is 30.9 Å². The van der Waals surface area contributed by atoms with E-state index in [9.17, 15) is 13.2 Å². The highest BCUT2D eigenvalue weighted by molar-refractivity contribution is 7.90. The molecule has 32 heavy (non-hydrogen) atoms. The summed E-state index contributed by atoms with van der Waals surface area (Å²) in [6.07, 6.45) is 5.40. The zero-order valence-electron chi connectivity index (χ0n) is 17.9. The second-order valence-electron chi connectivity index (χ2n) is 7.95. The molecule has 0 amide bonds. The van der Waals surface area contributed by atoms with Crippen LogP contribution in [0.2, 0.25) is 0 Å². The molecule has 170 valence electrons. The Morgan fingerprint density at radius 3 is 2.75 bits per heavy atom. The molecule has 1 aliphatic carbocycles. The molecule has 1 aliphatic rings. The Morgan fingerprint density at radius 2 is 2.06 bits per heavy atom. The van der Waals surface area contributed by atoms with Gasteiger partial charge in [0.15, 0.2) is 11.6 Å². The molecule has 1 fully saturated rings. The topological polar surface area (TPSA) is 134 Å². The summed E-state index contributed by atoms with van der Waals surface area (Å²) in [6.45, 7) is 1.86. The smallest absolute Gasteiger partial charge is 0.301 e. The van der Waals surface area contributed by atoms with Crippen LogP contribution in [0.1, 0.15) is 47.8 Å². The van der Waals surface area contributed by atoms with Crippen molar-refractivity contribution in [1.29, 1.82) is 0 Å². The van der Waals surface area contributed by atoms with E-state index in [1.165, 1.54) is 44.3 Å². The van der Waals surface area contributed by atoms with Crippen molar-refractivity contribution in [2.75, 3.05) is 24.0 Å². The predicted octanol–water partition coefficient (Wildman–Crippen LogP) is 2.86. The number of halogens is 1. The number of H-pyrrole nitrogens is 1. The van der Waals surface area contributed by atoms with Crippen molar-refractivity contribution in [3.63, 3.8) is 0 Å². The number of aromatic nitrogens is 3. The molecular weight excluding hydrogens is 435 g/mol. The van der Waals surface area contributed by atoms with E-state index < -0.39 is 21.8 Å². The molecule has 1 aromatic carbocycles. The van der Waals surface area contributed by atoms with Gasteiger partial charge in [0.1, 0.15) is 5.65 Å². The molecule has 0 saturated heterocycles. The van der Waals surface area contributed by atoms with Gasteiger partial charge in [-0.25, -0.2) is 9.37 Å². The van der Waals surface area contributed by atoms with E-state index in [2.05, 4.69) is 19.7 Å². The lowest BCUT2D eigenvalue weighted by Gasteiger charge is -2.17. The molecule has 0 atom stereocenters. The van der Waals surface area contributed by atoms with Gasteiger partial charge in [-0.15, -0.1) is 0 Å². The summed E-state index contributed by atoms with van der Waals surface area (Å²) in [6, 6.07) is 4.02. The number of nitrogens with two attached hydrogens (primary N) is 1. The van der Waals surface area contributed by atoms with Crippen molar-refractivity contribution < 1.29 is 17.6 Å². The Bertz CT molecular complexity index is 1290. The molecule has 2 aromatic heterocycles. The van der Waals surface area contributed by atoms with E-state index in [4.69, 9.17) is 5.73 Å². The molecule has 9 nitrogen and oxygen atoms in total. The van der Waals surface area contributed by atoms with Crippen molar-refractivity contribution in [3.05, 3.63) is 47.0 Å². The summed E-state index contributed by atoms with van der Waals surface area (Å²) >= 11 is 0. The van der Waals surface area contributed by atoms with Gasteiger partial charge in [0.05, 0.1) is 27.9 Å². The number of rotatable bonds is 9. The molecule has 0 bridgehead atoms. The molecule has 4 N–H and O–H groups in total. The highest BCUT2D eigenvalue weighted by atomic mass is 32.2. The second kappa shape index (κ2) is 8.47. The number of aromatic amines is 1. The lowest BCUT2D eigenvalue weighted by atomic mass is 10.00. The van der Waals surface area contributed by atoms with Gasteiger partial charge in [0, 0.05) is 19.8 Å². The summed E-state index contributed by atoms with van der Waals surface area (Å²) in [5, 5.41) is 0.515. The maximum atomic E-state index is 15.2. The number of nitrogen functional groups attached to an aromatic ring is 1. The number of benzene rings is 1. The van der Waals surface area contributed by atoms with Crippen LogP contribution < -0.4 is 10.5 Å². The monoisotopic (exact) mass is 460 g/mol. The van der Waals surface area contributed by atoms with Gasteiger partial charge in [0.25, 0.3) is 0 Å². The normalized spacial score (nSPS) is 14.2. The molecule has 1 saturated carbocycles. The number of nitrogens with one attached hydrogen (secondary N) is 2. The molecule has 0 spiro atoms. The summed E-state index contributed by atoms with van der Waals surface area (Å²) in [5.41, 5.74) is 6.54. The zero-order chi connectivity index (χ0) is 23.0. The van der Waals surface area contributed by atoms with Crippen molar-refractivity contribution in [2.45, 2.75) is 32.6 Å². The van der Waals surface area contributed by atoms with Gasteiger partial charge in [0.2, 0.25) is 5.95 Å². The van der Waals surface area contributed by atoms with Crippen LogP contribution in [0.4, 0.5) is 16.0 Å². The van der Waals surface area contributed by atoms with Crippen LogP contribution in [0.15, 0.2) is 24.4 Å². The van der Waals surface area contributed by atoms with Crippen LogP contribution in [0, 0.1) is 11.7 Å². The third-order valence-corrected chi connectivity index (χ3v) is 7.25. The van der Waals surface area contributed by atoms with E-state index >= 15 is 4.39 Å². The van der Waals surface area contributed by atoms with Gasteiger partial charge >= 0.3 is 10.2 Å². The Balaban J connectivity index is 1.72. The molecule has 4 rings (SSSR count). The molecular formula is C21H25FN6O3S. The summed E-state index contributed by atoms with van der Waals surface area (Å²) in [5.74, 6) is -0.787. The molecule has 3 aromatic rings. The average molecular weight is 461 g/mol. The van der Waals surface area contributed by atoms with E-state index in [0.717, 1.165) is 10.7 Å². The summed E-state index contributed by atoms with van der Waals surface area (Å²) < 4.78 is 43.1. The van der Waals surface area contributed by atoms with Crippen LogP contribution in [-0.2, 0) is 16.6 Å². The second-order valence-corrected chi connectivity index (χ2v) is 9.73. The fraction of sp³-hybridized carbons (Fsp3) is 0.381. The van der Waals surface area contributed by atoms with Crippen molar-refractivity contribution in [2.24, 2.45) is 5.92 Å². The third kappa shape index (κ3) is 4.30. The van der Waals surface area contributed by atoms with Gasteiger partial charge < -0.3 is 10.7 Å². The quantitative estimate of drug-likeness (QED) is 0.420. The minimum Gasteiger partial charge on any atom is -0.368 e. The first-order valence-electron chi connectivity index (χ1n) is 10.4. The standard InChI is InChI=1S/C21H25FN6O3S/c1-3-28(2)32(30,31)27-16-6-4-5-13(18(16)22)19(29)14-11-24-20-17(14)15(25-21(23)26-20)10-9-12-7-8-12/h4-6,11-12,27H,3,7-10H2,1-2H3,(H3,23,24,25,26). The maximum absolute atomic E-state index is 15.2. The lowest BCUT2D eigenvalue weighted by molar-refractivity contribution is 0.103. The van der Waals surface area contributed by atoms with Crippen LogP contribution in [0.5, 0.6) is 0 Å². The Hall–Kier alpha value is -3.05. The van der Waals surface area contributed by atoms with Gasteiger partial charge in [-0.3, -0.25) is 9.52 Å². The molecule has 11 heteroatoms. The van der Waals surface area contributed by atoms with Crippen LogP contribution in [0.3, 0.4) is 0 Å². The highest BCUT2D eigenvalue weighted by Gasteiger charge is 2.26. The van der Waals surface area contributed by atoms with Gasteiger partial charge in [-0.2, -0.15) is 17.7 Å².